The number of hydrogen-bond acceptors (Lipinski definition) is 2. The summed E-state index contributed by atoms with van der Waals surface area (Å²) >= 11 is 1.89. The number of thioether (sulfide) groups is 1. The van der Waals surface area contributed by atoms with Crippen LogP contribution in [0, 0.1) is 5.92 Å². The molecule has 24 heavy (non-hydrogen) atoms. The maximum Gasteiger partial charge on any atom is 0.214 e. The molecule has 0 fully saturated rings. The van der Waals surface area contributed by atoms with Gasteiger partial charge in [-0.2, -0.15) is 0 Å². The fourth-order valence-corrected chi connectivity index (χ4v) is 3.78. The molecule has 2 aromatic heterocycles. The quantitative estimate of drug-likeness (QED) is 0.440. The minimum atomic E-state index is 0.682. The van der Waals surface area contributed by atoms with Gasteiger partial charge in [-0.25, -0.2) is 4.98 Å². The molecule has 0 unspecified atom stereocenters. The average molecular weight is 334 g/mol. The Morgan fingerprint density at radius 2 is 1.92 bits per heavy atom. The van der Waals surface area contributed by atoms with E-state index in [-0.39, 0.29) is 0 Å². The van der Waals surface area contributed by atoms with E-state index in [2.05, 4.69) is 61.3 Å². The van der Waals surface area contributed by atoms with Gasteiger partial charge in [-0.3, -0.25) is 0 Å². The van der Waals surface area contributed by atoms with Gasteiger partial charge in [0.15, 0.2) is 6.20 Å². The standard InChI is InChI=1S/C21H19NOS/c1-14(2)13-24-15-9-10-16-17-6-5-7-18(19-8-3-4-11-22-19)21(17)23-20(16)12-15/h3-12,14H,13H2,1-2H3/p+1. The monoisotopic (exact) mass is 334 g/mol. The number of pyridine rings is 1. The Morgan fingerprint density at radius 3 is 2.71 bits per heavy atom. The Balaban J connectivity index is 1.85. The van der Waals surface area contributed by atoms with Crippen LogP contribution in [0.25, 0.3) is 33.2 Å². The third-order valence-electron chi connectivity index (χ3n) is 4.05. The molecule has 0 atom stereocenters. The summed E-state index contributed by atoms with van der Waals surface area (Å²) in [4.78, 5) is 4.57. The predicted molar refractivity (Wildman–Crippen MR) is 101 cm³/mol. The first-order valence-corrected chi connectivity index (χ1v) is 9.26. The first-order valence-electron chi connectivity index (χ1n) is 8.27. The molecular weight excluding hydrogens is 314 g/mol. The predicted octanol–water partition coefficient (Wildman–Crippen LogP) is 5.82. The van der Waals surface area contributed by atoms with Crippen molar-refractivity contribution in [3.05, 3.63) is 60.8 Å². The summed E-state index contributed by atoms with van der Waals surface area (Å²) in [5.74, 6) is 1.80. The lowest BCUT2D eigenvalue weighted by atomic mass is 10.1. The lowest BCUT2D eigenvalue weighted by Crippen LogP contribution is -2.04. The number of hydrogen-bond donors (Lipinski definition) is 0. The zero-order valence-corrected chi connectivity index (χ0v) is 14.7. The van der Waals surface area contributed by atoms with Gasteiger partial charge in [-0.15, -0.1) is 11.8 Å². The summed E-state index contributed by atoms with van der Waals surface area (Å²) in [5.41, 5.74) is 4.07. The Bertz CT molecular complexity index is 989. The highest BCUT2D eigenvalue weighted by molar-refractivity contribution is 7.99. The molecule has 2 heterocycles. The zero-order valence-electron chi connectivity index (χ0n) is 13.9. The molecule has 1 N–H and O–H groups in total. The number of H-pyrrole nitrogens is 1. The van der Waals surface area contributed by atoms with Gasteiger partial charge in [-0.1, -0.05) is 26.0 Å². The van der Waals surface area contributed by atoms with Gasteiger partial charge in [0.05, 0.1) is 5.56 Å². The number of furan rings is 1. The Morgan fingerprint density at radius 1 is 1.00 bits per heavy atom. The van der Waals surface area contributed by atoms with E-state index in [0.717, 1.165) is 28.2 Å². The Labute approximate surface area is 145 Å². The van der Waals surface area contributed by atoms with Gasteiger partial charge in [0.2, 0.25) is 5.69 Å². The molecule has 0 saturated heterocycles. The third-order valence-corrected chi connectivity index (χ3v) is 5.47. The lowest BCUT2D eigenvalue weighted by molar-refractivity contribution is -0.364. The van der Waals surface area contributed by atoms with Crippen molar-refractivity contribution in [2.24, 2.45) is 5.92 Å². The number of para-hydroxylation sites is 1. The van der Waals surface area contributed by atoms with Crippen LogP contribution >= 0.6 is 11.8 Å². The van der Waals surface area contributed by atoms with Gasteiger partial charge < -0.3 is 4.42 Å². The van der Waals surface area contributed by atoms with Crippen molar-refractivity contribution in [3.8, 4) is 11.3 Å². The van der Waals surface area contributed by atoms with Crippen molar-refractivity contribution in [2.75, 3.05) is 5.75 Å². The summed E-state index contributed by atoms with van der Waals surface area (Å²) in [6, 6.07) is 19.0. The molecule has 2 aromatic carbocycles. The highest BCUT2D eigenvalue weighted by atomic mass is 32.2. The Hall–Kier alpha value is -2.26. The molecule has 0 amide bonds. The van der Waals surface area contributed by atoms with Crippen molar-refractivity contribution in [1.29, 1.82) is 0 Å². The van der Waals surface area contributed by atoms with E-state index in [1.165, 1.54) is 15.7 Å². The van der Waals surface area contributed by atoms with E-state index in [1.54, 1.807) is 0 Å². The van der Waals surface area contributed by atoms with E-state index < -0.39 is 0 Å². The van der Waals surface area contributed by atoms with Crippen molar-refractivity contribution in [3.63, 3.8) is 0 Å². The molecule has 0 radical (unpaired) electrons. The van der Waals surface area contributed by atoms with Crippen LogP contribution < -0.4 is 4.98 Å². The molecule has 0 aliphatic rings. The fourth-order valence-electron chi connectivity index (χ4n) is 2.90. The van der Waals surface area contributed by atoms with Crippen molar-refractivity contribution >= 4 is 33.7 Å². The second kappa shape index (κ2) is 6.33. The van der Waals surface area contributed by atoms with E-state index >= 15 is 0 Å². The van der Waals surface area contributed by atoms with Gasteiger partial charge in [-0.05, 0) is 36.2 Å². The summed E-state index contributed by atoms with van der Waals surface area (Å²) in [5, 5.41) is 2.34. The lowest BCUT2D eigenvalue weighted by Gasteiger charge is -2.03. The highest BCUT2D eigenvalue weighted by Gasteiger charge is 2.15. The number of fused-ring (bicyclic) bond motifs is 3. The number of rotatable bonds is 4. The molecule has 0 spiro atoms. The van der Waals surface area contributed by atoms with Gasteiger partial charge in [0, 0.05) is 33.6 Å². The topological polar surface area (TPSA) is 27.3 Å². The summed E-state index contributed by atoms with van der Waals surface area (Å²) in [6.45, 7) is 4.49. The maximum absolute atomic E-state index is 6.25. The van der Waals surface area contributed by atoms with Crippen LogP contribution in [-0.4, -0.2) is 5.75 Å². The van der Waals surface area contributed by atoms with Crippen molar-refractivity contribution in [2.45, 2.75) is 18.7 Å². The van der Waals surface area contributed by atoms with Crippen LogP contribution in [0.4, 0.5) is 0 Å². The molecule has 0 aliphatic heterocycles. The molecule has 120 valence electrons. The molecule has 0 saturated carbocycles. The normalized spacial score (nSPS) is 11.6. The number of benzene rings is 2. The van der Waals surface area contributed by atoms with E-state index in [4.69, 9.17) is 4.42 Å². The average Bonchev–Trinajstić information content (AvgIpc) is 2.98. The van der Waals surface area contributed by atoms with Crippen molar-refractivity contribution in [1.82, 2.24) is 0 Å². The minimum absolute atomic E-state index is 0.682. The van der Waals surface area contributed by atoms with Crippen LogP contribution in [0.5, 0.6) is 0 Å². The summed E-state index contributed by atoms with van der Waals surface area (Å²) in [6.07, 6.45) is 1.94. The van der Waals surface area contributed by atoms with Crippen LogP contribution in [0.1, 0.15) is 13.8 Å². The zero-order chi connectivity index (χ0) is 16.5. The molecule has 4 rings (SSSR count). The van der Waals surface area contributed by atoms with Crippen LogP contribution in [0.2, 0.25) is 0 Å². The smallest absolute Gasteiger partial charge is 0.214 e. The second-order valence-corrected chi connectivity index (χ2v) is 7.52. The Kier molecular flexibility index (Phi) is 4.03. The molecule has 4 aromatic rings. The van der Waals surface area contributed by atoms with Gasteiger partial charge in [0.25, 0.3) is 0 Å². The fraction of sp³-hybridized carbons (Fsp3) is 0.190. The number of aromatic nitrogens is 1. The SMILES string of the molecule is CC(C)CSc1ccc2c(c1)oc1c(-c3cccc[nH+]3)cccc12. The first-order chi connectivity index (χ1) is 11.7. The largest absolute Gasteiger partial charge is 0.455 e. The third kappa shape index (κ3) is 2.80. The van der Waals surface area contributed by atoms with Gasteiger partial charge in [0.1, 0.15) is 11.2 Å². The van der Waals surface area contributed by atoms with E-state index in [1.807, 2.05) is 30.1 Å². The van der Waals surface area contributed by atoms with Crippen LogP contribution in [0.3, 0.4) is 0 Å². The van der Waals surface area contributed by atoms with E-state index in [0.29, 0.717) is 5.92 Å². The summed E-state index contributed by atoms with van der Waals surface area (Å²) in [7, 11) is 0. The van der Waals surface area contributed by atoms with E-state index in [9.17, 15) is 0 Å². The molecule has 2 nitrogen and oxygen atoms in total. The molecule has 0 bridgehead atoms. The van der Waals surface area contributed by atoms with Crippen molar-refractivity contribution < 1.29 is 9.40 Å². The summed E-state index contributed by atoms with van der Waals surface area (Å²) < 4.78 is 6.25. The second-order valence-electron chi connectivity index (χ2n) is 6.42. The minimum Gasteiger partial charge on any atom is -0.455 e. The van der Waals surface area contributed by atoms with Crippen LogP contribution in [-0.2, 0) is 0 Å². The number of nitrogens with one attached hydrogen (secondary N) is 1. The van der Waals surface area contributed by atoms with Gasteiger partial charge >= 0.3 is 0 Å². The maximum atomic E-state index is 6.25. The molecule has 0 aliphatic carbocycles. The number of aromatic amines is 1. The molecule has 3 heteroatoms. The first kappa shape index (κ1) is 15.3. The molecular formula is C21H20NOS+. The van der Waals surface area contributed by atoms with Crippen LogP contribution in [0.15, 0.2) is 70.1 Å². The highest BCUT2D eigenvalue weighted by Crippen LogP contribution is 2.36.